The third kappa shape index (κ3) is 3.28. The fourth-order valence-corrected chi connectivity index (χ4v) is 5.48. The van der Waals surface area contributed by atoms with Gasteiger partial charge in [-0.1, -0.05) is 84.9 Å². The van der Waals surface area contributed by atoms with Gasteiger partial charge >= 0.3 is 0 Å². The second-order valence-corrected chi connectivity index (χ2v) is 9.00. The largest absolute Gasteiger partial charge is 0.233 e. The Kier molecular flexibility index (Phi) is 4.55. The molecule has 0 aliphatic carbocycles. The molecule has 6 rings (SSSR count). The predicted octanol–water partition coefficient (Wildman–Crippen LogP) is 8.15. The SMILES string of the molecule is Cc1cc(-c2cccc3c2sc2ccccc23)nc(-c2cccc(-c3ccccc3)c2)n1. The topological polar surface area (TPSA) is 25.8 Å². The van der Waals surface area contributed by atoms with Crippen molar-refractivity contribution in [1.29, 1.82) is 0 Å². The Labute approximate surface area is 190 Å². The van der Waals surface area contributed by atoms with E-state index in [-0.39, 0.29) is 0 Å². The fourth-order valence-electron chi connectivity index (χ4n) is 4.25. The maximum Gasteiger partial charge on any atom is 0.160 e. The van der Waals surface area contributed by atoms with Crippen LogP contribution in [-0.4, -0.2) is 9.97 Å². The Morgan fingerprint density at radius 2 is 1.31 bits per heavy atom. The van der Waals surface area contributed by atoms with Gasteiger partial charge in [0, 0.05) is 37.0 Å². The lowest BCUT2D eigenvalue weighted by Gasteiger charge is -2.09. The molecule has 0 saturated carbocycles. The molecule has 4 aromatic carbocycles. The highest BCUT2D eigenvalue weighted by Gasteiger charge is 2.13. The first-order valence-electron chi connectivity index (χ1n) is 10.7. The van der Waals surface area contributed by atoms with Gasteiger partial charge in [-0.2, -0.15) is 0 Å². The molecule has 2 nitrogen and oxygen atoms in total. The van der Waals surface area contributed by atoms with Gasteiger partial charge in [-0.05, 0) is 36.2 Å². The first-order valence-corrected chi connectivity index (χ1v) is 11.5. The summed E-state index contributed by atoms with van der Waals surface area (Å²) >= 11 is 1.83. The van der Waals surface area contributed by atoms with Crippen LogP contribution in [0.1, 0.15) is 5.69 Å². The number of benzene rings is 4. The molecular formula is C29H20N2S. The van der Waals surface area contributed by atoms with E-state index < -0.39 is 0 Å². The molecule has 0 aliphatic heterocycles. The number of thiophene rings is 1. The zero-order valence-electron chi connectivity index (χ0n) is 17.6. The van der Waals surface area contributed by atoms with E-state index in [1.807, 2.05) is 24.3 Å². The van der Waals surface area contributed by atoms with Crippen molar-refractivity contribution in [3.05, 3.63) is 109 Å². The zero-order chi connectivity index (χ0) is 21.5. The second-order valence-electron chi connectivity index (χ2n) is 7.95. The van der Waals surface area contributed by atoms with Crippen molar-refractivity contribution in [2.45, 2.75) is 6.92 Å². The molecule has 0 unspecified atom stereocenters. The van der Waals surface area contributed by atoms with Gasteiger partial charge < -0.3 is 0 Å². The van der Waals surface area contributed by atoms with Crippen molar-refractivity contribution in [2.75, 3.05) is 0 Å². The first-order chi connectivity index (χ1) is 15.8. The molecule has 0 atom stereocenters. The van der Waals surface area contributed by atoms with Crippen molar-refractivity contribution in [1.82, 2.24) is 9.97 Å². The summed E-state index contributed by atoms with van der Waals surface area (Å²) in [7, 11) is 0. The Morgan fingerprint density at radius 3 is 2.22 bits per heavy atom. The van der Waals surface area contributed by atoms with Crippen LogP contribution in [0.25, 0.3) is 53.9 Å². The highest BCUT2D eigenvalue weighted by molar-refractivity contribution is 7.26. The van der Waals surface area contributed by atoms with Gasteiger partial charge in [-0.15, -0.1) is 11.3 Å². The highest BCUT2D eigenvalue weighted by Crippen LogP contribution is 2.39. The third-order valence-electron chi connectivity index (χ3n) is 5.76. The van der Waals surface area contributed by atoms with Crippen LogP contribution in [0.3, 0.4) is 0 Å². The van der Waals surface area contributed by atoms with Gasteiger partial charge in [0.25, 0.3) is 0 Å². The van der Waals surface area contributed by atoms with Crippen LogP contribution >= 0.6 is 11.3 Å². The van der Waals surface area contributed by atoms with E-state index in [2.05, 4.69) is 97.1 Å². The molecule has 6 aromatic rings. The van der Waals surface area contributed by atoms with Crippen LogP contribution in [0.5, 0.6) is 0 Å². The van der Waals surface area contributed by atoms with Crippen molar-refractivity contribution in [2.24, 2.45) is 0 Å². The minimum Gasteiger partial charge on any atom is -0.233 e. The molecule has 152 valence electrons. The van der Waals surface area contributed by atoms with E-state index in [1.54, 1.807) is 0 Å². The molecule has 0 amide bonds. The summed E-state index contributed by atoms with van der Waals surface area (Å²) in [5.74, 6) is 0.760. The summed E-state index contributed by atoms with van der Waals surface area (Å²) in [5, 5.41) is 2.59. The normalized spacial score (nSPS) is 11.3. The summed E-state index contributed by atoms with van der Waals surface area (Å²) in [5.41, 5.74) is 6.48. The molecule has 32 heavy (non-hydrogen) atoms. The van der Waals surface area contributed by atoms with Crippen LogP contribution in [0.2, 0.25) is 0 Å². The molecular weight excluding hydrogens is 408 g/mol. The van der Waals surface area contributed by atoms with Gasteiger partial charge in [0.1, 0.15) is 0 Å². The van der Waals surface area contributed by atoms with Gasteiger partial charge in [0.2, 0.25) is 0 Å². The van der Waals surface area contributed by atoms with Gasteiger partial charge in [0.05, 0.1) is 5.69 Å². The summed E-state index contributed by atoms with van der Waals surface area (Å²) in [6.07, 6.45) is 0. The van der Waals surface area contributed by atoms with E-state index in [0.29, 0.717) is 0 Å². The molecule has 3 heteroatoms. The first kappa shape index (κ1) is 18.9. The predicted molar refractivity (Wildman–Crippen MR) is 136 cm³/mol. The number of hydrogen-bond acceptors (Lipinski definition) is 3. The second kappa shape index (κ2) is 7.70. The molecule has 0 saturated heterocycles. The van der Waals surface area contributed by atoms with Crippen LogP contribution in [0.4, 0.5) is 0 Å². The molecule has 0 fully saturated rings. The standard InChI is InChI=1S/C29H20N2S/c1-19-17-26(25-15-8-14-24-23-13-5-6-16-27(23)32-28(24)25)31-29(30-19)22-12-7-11-21(18-22)20-9-3-2-4-10-20/h2-18H,1H3. The lowest BCUT2D eigenvalue weighted by atomic mass is 10.0. The minimum absolute atomic E-state index is 0.760. The molecule has 2 heterocycles. The van der Waals surface area contributed by atoms with Gasteiger partial charge in [-0.3, -0.25) is 0 Å². The molecule has 0 N–H and O–H groups in total. The number of fused-ring (bicyclic) bond motifs is 3. The van der Waals surface area contributed by atoms with Crippen molar-refractivity contribution in [3.8, 4) is 33.8 Å². The molecule has 0 aliphatic rings. The van der Waals surface area contributed by atoms with Crippen molar-refractivity contribution < 1.29 is 0 Å². The summed E-state index contributed by atoms with van der Waals surface area (Å²) in [6.45, 7) is 2.04. The number of rotatable bonds is 3. The zero-order valence-corrected chi connectivity index (χ0v) is 18.4. The smallest absolute Gasteiger partial charge is 0.160 e. The fraction of sp³-hybridized carbons (Fsp3) is 0.0345. The van der Waals surface area contributed by atoms with E-state index in [9.17, 15) is 0 Å². The number of aryl methyl sites for hydroxylation is 1. The minimum atomic E-state index is 0.760. The van der Waals surface area contributed by atoms with Crippen LogP contribution in [0, 0.1) is 6.92 Å². The monoisotopic (exact) mass is 428 g/mol. The van der Waals surface area contributed by atoms with Crippen molar-refractivity contribution in [3.63, 3.8) is 0 Å². The number of nitrogens with zero attached hydrogens (tertiary/aromatic N) is 2. The van der Waals surface area contributed by atoms with E-state index in [0.717, 1.165) is 28.3 Å². The Hall–Kier alpha value is -3.82. The number of hydrogen-bond donors (Lipinski definition) is 0. The van der Waals surface area contributed by atoms with E-state index in [4.69, 9.17) is 9.97 Å². The van der Waals surface area contributed by atoms with E-state index in [1.165, 1.54) is 31.3 Å². The van der Waals surface area contributed by atoms with Crippen molar-refractivity contribution >= 4 is 31.5 Å². The summed E-state index contributed by atoms with van der Waals surface area (Å²) in [6, 6.07) is 36.1. The van der Waals surface area contributed by atoms with Crippen LogP contribution < -0.4 is 0 Å². The van der Waals surface area contributed by atoms with Crippen LogP contribution in [-0.2, 0) is 0 Å². The maximum atomic E-state index is 5.02. The Bertz CT molecular complexity index is 1580. The van der Waals surface area contributed by atoms with Crippen LogP contribution in [0.15, 0.2) is 103 Å². The molecule has 2 aromatic heterocycles. The van der Waals surface area contributed by atoms with Gasteiger partial charge in [0.15, 0.2) is 5.82 Å². The lowest BCUT2D eigenvalue weighted by Crippen LogP contribution is -1.95. The average molecular weight is 429 g/mol. The average Bonchev–Trinajstić information content (AvgIpc) is 3.23. The third-order valence-corrected chi connectivity index (χ3v) is 6.98. The Balaban J connectivity index is 1.51. The quantitative estimate of drug-likeness (QED) is 0.284. The highest BCUT2D eigenvalue weighted by atomic mass is 32.1. The summed E-state index contributed by atoms with van der Waals surface area (Å²) in [4.78, 5) is 9.80. The maximum absolute atomic E-state index is 5.02. The molecule has 0 spiro atoms. The number of aromatic nitrogens is 2. The van der Waals surface area contributed by atoms with E-state index >= 15 is 0 Å². The lowest BCUT2D eigenvalue weighted by molar-refractivity contribution is 1.12. The molecule has 0 radical (unpaired) electrons. The Morgan fingerprint density at radius 1 is 0.594 bits per heavy atom. The van der Waals surface area contributed by atoms with Gasteiger partial charge in [-0.25, -0.2) is 9.97 Å². The summed E-state index contributed by atoms with van der Waals surface area (Å²) < 4.78 is 2.58. The molecule has 0 bridgehead atoms.